The van der Waals surface area contributed by atoms with Gasteiger partial charge < -0.3 is 20.5 Å². The fraction of sp³-hybridized carbons (Fsp3) is 0.346. The molecule has 8 nitrogen and oxygen atoms in total. The topological polar surface area (TPSA) is 108 Å². The molecule has 2 aromatic rings. The van der Waals surface area contributed by atoms with Crippen molar-refractivity contribution in [1.29, 1.82) is 0 Å². The van der Waals surface area contributed by atoms with Gasteiger partial charge in [-0.15, -0.1) is 0 Å². The molecule has 0 saturated heterocycles. The van der Waals surface area contributed by atoms with Gasteiger partial charge in [-0.1, -0.05) is 30.7 Å². The van der Waals surface area contributed by atoms with Gasteiger partial charge in [0.15, 0.2) is 0 Å². The predicted molar refractivity (Wildman–Crippen MR) is 130 cm³/mol. The quantitative estimate of drug-likeness (QED) is 0.442. The Bertz CT molecular complexity index is 1110. The predicted octanol–water partition coefficient (Wildman–Crippen LogP) is 3.94. The van der Waals surface area contributed by atoms with Crippen molar-refractivity contribution in [3.63, 3.8) is 0 Å². The molecule has 180 valence electrons. The lowest BCUT2D eigenvalue weighted by Crippen LogP contribution is -2.44. The van der Waals surface area contributed by atoms with Crippen LogP contribution in [0, 0.1) is 33.2 Å². The highest BCUT2D eigenvalue weighted by atomic mass is 16.6. The van der Waals surface area contributed by atoms with Crippen LogP contribution in [0.4, 0.5) is 10.5 Å². The van der Waals surface area contributed by atoms with Crippen molar-refractivity contribution >= 4 is 23.6 Å². The van der Waals surface area contributed by atoms with Crippen LogP contribution < -0.4 is 10.6 Å². The molecule has 0 fully saturated rings. The van der Waals surface area contributed by atoms with Crippen molar-refractivity contribution in [1.82, 2.24) is 10.2 Å². The van der Waals surface area contributed by atoms with Crippen molar-refractivity contribution in [2.45, 2.75) is 53.2 Å². The number of phenols is 1. The average molecular weight is 466 g/mol. The maximum absolute atomic E-state index is 13.5. The average Bonchev–Trinajstić information content (AvgIpc) is 2.73. The molecular formula is C26H31N3O5. The fourth-order valence-corrected chi connectivity index (χ4v) is 3.31. The summed E-state index contributed by atoms with van der Waals surface area (Å²) in [6.07, 6.45) is 4.88. The van der Waals surface area contributed by atoms with Crippen molar-refractivity contribution in [3.05, 3.63) is 58.7 Å². The SMILES string of the molecule is C#CN(C(=O)CNC(=O)OC(C)(C)C)C(C(=O)Nc1c(C)cccc1C)c1ccc(O)c(C)c1. The number of aryl methyl sites for hydroxylation is 3. The largest absolute Gasteiger partial charge is 0.508 e. The standard InChI is InChI=1S/C26H31N3O5/c1-8-29(21(31)15-27-25(33)34-26(5,6)7)23(19-12-13-20(30)18(4)14-19)24(32)28-22-16(2)10-9-11-17(22)3/h1,9-14,23,30H,15H2,2-7H3,(H,27,33)(H,28,32). The van der Waals surface area contributed by atoms with E-state index in [0.717, 1.165) is 16.0 Å². The maximum Gasteiger partial charge on any atom is 0.408 e. The van der Waals surface area contributed by atoms with Crippen molar-refractivity contribution in [2.24, 2.45) is 0 Å². The lowest BCUT2D eigenvalue weighted by atomic mass is 10.0. The Morgan fingerprint density at radius 2 is 1.71 bits per heavy atom. The molecule has 0 bridgehead atoms. The van der Waals surface area contributed by atoms with Gasteiger partial charge in [-0.25, -0.2) is 4.79 Å². The number of anilines is 1. The summed E-state index contributed by atoms with van der Waals surface area (Å²) in [7, 11) is 0. The molecule has 8 heteroatoms. The van der Waals surface area contributed by atoms with Crippen LogP contribution in [-0.4, -0.2) is 40.1 Å². The van der Waals surface area contributed by atoms with Crippen LogP contribution in [0.25, 0.3) is 0 Å². The van der Waals surface area contributed by atoms with Gasteiger partial charge >= 0.3 is 6.09 Å². The normalized spacial score (nSPS) is 11.7. The Morgan fingerprint density at radius 3 is 2.24 bits per heavy atom. The van der Waals surface area contributed by atoms with E-state index in [1.165, 1.54) is 12.1 Å². The fourth-order valence-electron chi connectivity index (χ4n) is 3.31. The number of ether oxygens (including phenoxy) is 1. The van der Waals surface area contributed by atoms with Gasteiger partial charge in [-0.2, -0.15) is 0 Å². The molecule has 0 aliphatic rings. The van der Waals surface area contributed by atoms with Crippen LogP contribution in [0.15, 0.2) is 36.4 Å². The molecule has 0 aliphatic carbocycles. The Morgan fingerprint density at radius 1 is 1.09 bits per heavy atom. The lowest BCUT2D eigenvalue weighted by Gasteiger charge is -2.27. The molecule has 3 N–H and O–H groups in total. The van der Waals surface area contributed by atoms with E-state index in [1.54, 1.807) is 33.8 Å². The van der Waals surface area contributed by atoms with Crippen LogP contribution >= 0.6 is 0 Å². The van der Waals surface area contributed by atoms with E-state index in [4.69, 9.17) is 11.2 Å². The van der Waals surface area contributed by atoms with Crippen LogP contribution in [0.3, 0.4) is 0 Å². The van der Waals surface area contributed by atoms with E-state index in [0.29, 0.717) is 16.8 Å². The zero-order chi connectivity index (χ0) is 25.6. The van der Waals surface area contributed by atoms with Crippen LogP contribution in [0.5, 0.6) is 5.75 Å². The number of rotatable bonds is 6. The molecule has 0 aliphatic heterocycles. The first-order valence-electron chi connectivity index (χ1n) is 10.8. The number of alkyl carbamates (subject to hydrolysis) is 1. The third kappa shape index (κ3) is 6.75. The van der Waals surface area contributed by atoms with Gasteiger partial charge in [0.25, 0.3) is 11.8 Å². The molecule has 3 amide bonds. The Labute approximate surface area is 200 Å². The number of terminal acetylenes is 1. The van der Waals surface area contributed by atoms with E-state index in [-0.39, 0.29) is 5.75 Å². The van der Waals surface area contributed by atoms with Crippen molar-refractivity contribution in [2.75, 3.05) is 11.9 Å². The van der Waals surface area contributed by atoms with E-state index >= 15 is 0 Å². The minimum Gasteiger partial charge on any atom is -0.508 e. The highest BCUT2D eigenvalue weighted by Gasteiger charge is 2.32. The van der Waals surface area contributed by atoms with Crippen molar-refractivity contribution in [3.8, 4) is 18.2 Å². The summed E-state index contributed by atoms with van der Waals surface area (Å²) in [5, 5.41) is 15.2. The smallest absolute Gasteiger partial charge is 0.408 e. The highest BCUT2D eigenvalue weighted by molar-refractivity contribution is 6.00. The molecule has 34 heavy (non-hydrogen) atoms. The molecule has 0 saturated carbocycles. The lowest BCUT2D eigenvalue weighted by molar-refractivity contribution is -0.134. The molecule has 2 rings (SSSR count). The van der Waals surface area contributed by atoms with E-state index in [1.807, 2.05) is 32.0 Å². The van der Waals surface area contributed by atoms with E-state index in [2.05, 4.69) is 16.7 Å². The molecule has 0 spiro atoms. The minimum absolute atomic E-state index is 0.0443. The molecule has 0 heterocycles. The first kappa shape index (κ1) is 26.3. The van der Waals surface area contributed by atoms with Crippen LogP contribution in [-0.2, 0) is 14.3 Å². The first-order valence-corrected chi connectivity index (χ1v) is 10.8. The number of carbonyl (C=O) groups is 3. The molecule has 0 radical (unpaired) electrons. The third-order valence-electron chi connectivity index (χ3n) is 4.96. The maximum atomic E-state index is 13.5. The minimum atomic E-state index is -1.21. The summed E-state index contributed by atoms with van der Waals surface area (Å²) in [6.45, 7) is 10.0. The summed E-state index contributed by atoms with van der Waals surface area (Å²) in [5.74, 6) is -1.17. The molecule has 1 unspecified atom stereocenters. The number of carbonyl (C=O) groups excluding carboxylic acids is 3. The number of nitrogens with one attached hydrogen (secondary N) is 2. The number of hydrogen-bond donors (Lipinski definition) is 3. The number of amides is 3. The first-order chi connectivity index (χ1) is 15.8. The highest BCUT2D eigenvalue weighted by Crippen LogP contribution is 2.28. The van der Waals surface area contributed by atoms with Crippen LogP contribution in [0.1, 0.15) is 49.1 Å². The Balaban J connectivity index is 2.38. The van der Waals surface area contributed by atoms with Gasteiger partial charge in [0, 0.05) is 11.7 Å². The summed E-state index contributed by atoms with van der Waals surface area (Å²) < 4.78 is 5.15. The Hall–Kier alpha value is -3.99. The molecule has 1 atom stereocenters. The summed E-state index contributed by atoms with van der Waals surface area (Å²) in [6, 6.07) is 11.2. The van der Waals surface area contributed by atoms with Gasteiger partial charge in [0.05, 0.1) is 0 Å². The number of nitrogens with zero attached hydrogens (tertiary/aromatic N) is 1. The zero-order valence-electron chi connectivity index (χ0n) is 20.4. The van der Waals surface area contributed by atoms with Gasteiger partial charge in [0.2, 0.25) is 0 Å². The van der Waals surface area contributed by atoms with Gasteiger partial charge in [-0.05, 0) is 75.9 Å². The number of hydrogen-bond acceptors (Lipinski definition) is 5. The molecular weight excluding hydrogens is 434 g/mol. The number of benzene rings is 2. The summed E-state index contributed by atoms with van der Waals surface area (Å²) in [4.78, 5) is 39.4. The molecule has 0 aromatic heterocycles. The second kappa shape index (κ2) is 10.8. The zero-order valence-corrected chi connectivity index (χ0v) is 20.4. The van der Waals surface area contributed by atoms with E-state index < -0.39 is 36.1 Å². The third-order valence-corrected chi connectivity index (χ3v) is 4.96. The summed E-state index contributed by atoms with van der Waals surface area (Å²) >= 11 is 0. The van der Waals surface area contributed by atoms with Crippen LogP contribution in [0.2, 0.25) is 0 Å². The summed E-state index contributed by atoms with van der Waals surface area (Å²) in [5.41, 5.74) is 2.49. The number of phenolic OH excluding ortho intramolecular Hbond substituents is 1. The van der Waals surface area contributed by atoms with E-state index in [9.17, 15) is 19.5 Å². The van der Waals surface area contributed by atoms with Gasteiger partial charge in [-0.3, -0.25) is 14.5 Å². The second-order valence-corrected chi connectivity index (χ2v) is 8.95. The van der Waals surface area contributed by atoms with Gasteiger partial charge in [0.1, 0.15) is 23.9 Å². The number of para-hydroxylation sites is 1. The molecule has 2 aromatic carbocycles. The Kier molecular flexibility index (Phi) is 8.31. The monoisotopic (exact) mass is 465 g/mol. The van der Waals surface area contributed by atoms with Crippen molar-refractivity contribution < 1.29 is 24.2 Å². The second-order valence-electron chi connectivity index (χ2n) is 8.95. The number of aromatic hydroxyl groups is 1.